The van der Waals surface area contributed by atoms with Crippen LogP contribution in [0.3, 0.4) is 0 Å². The molecule has 0 aliphatic carbocycles. The monoisotopic (exact) mass is 399 g/mol. The summed E-state index contributed by atoms with van der Waals surface area (Å²) in [7, 11) is 0. The smallest absolute Gasteiger partial charge is 0.255 e. The molecule has 0 bridgehead atoms. The number of benzene rings is 2. The maximum Gasteiger partial charge on any atom is 0.255 e. The number of rotatable bonds is 8. The van der Waals surface area contributed by atoms with Crippen LogP contribution >= 0.6 is 0 Å². The van der Waals surface area contributed by atoms with Gasteiger partial charge in [-0.1, -0.05) is 60.7 Å². The number of aromatic nitrogens is 1. The van der Waals surface area contributed by atoms with Crippen LogP contribution in [0.15, 0.2) is 85.2 Å². The van der Waals surface area contributed by atoms with E-state index in [-0.39, 0.29) is 11.9 Å². The van der Waals surface area contributed by atoms with Crippen LogP contribution in [0.4, 0.5) is 0 Å². The van der Waals surface area contributed by atoms with E-state index in [2.05, 4.69) is 63.3 Å². The molecule has 4 heteroatoms. The van der Waals surface area contributed by atoms with Crippen molar-refractivity contribution in [1.29, 1.82) is 0 Å². The van der Waals surface area contributed by atoms with E-state index in [0.717, 1.165) is 26.1 Å². The molecule has 0 spiro atoms. The highest BCUT2D eigenvalue weighted by Crippen LogP contribution is 2.27. The van der Waals surface area contributed by atoms with Crippen molar-refractivity contribution in [2.45, 2.75) is 25.3 Å². The van der Waals surface area contributed by atoms with Crippen LogP contribution in [0.25, 0.3) is 0 Å². The first kappa shape index (κ1) is 20.3. The third-order valence-electron chi connectivity index (χ3n) is 5.86. The second kappa shape index (κ2) is 10.2. The second-order valence-corrected chi connectivity index (χ2v) is 7.91. The molecule has 1 aliphatic rings. The summed E-state index contributed by atoms with van der Waals surface area (Å²) in [5.41, 5.74) is 3.05. The third kappa shape index (κ3) is 5.14. The maximum absolute atomic E-state index is 13.6. The van der Waals surface area contributed by atoms with Crippen molar-refractivity contribution in [1.82, 2.24) is 14.8 Å². The highest BCUT2D eigenvalue weighted by atomic mass is 16.2. The molecule has 1 saturated heterocycles. The number of nitrogens with zero attached hydrogens (tertiary/aromatic N) is 3. The largest absolute Gasteiger partial charge is 0.330 e. The van der Waals surface area contributed by atoms with Crippen LogP contribution in [-0.2, 0) is 6.42 Å². The number of likely N-dealkylation sites (tertiary alicyclic amines) is 1. The molecule has 0 N–H and O–H groups in total. The summed E-state index contributed by atoms with van der Waals surface area (Å²) in [5, 5.41) is 0. The average Bonchev–Trinajstić information content (AvgIpc) is 3.34. The Morgan fingerprint density at radius 2 is 1.63 bits per heavy atom. The molecular formula is C26H29N3O. The van der Waals surface area contributed by atoms with E-state index in [0.29, 0.717) is 12.1 Å². The van der Waals surface area contributed by atoms with Crippen molar-refractivity contribution in [3.63, 3.8) is 0 Å². The predicted octanol–water partition coefficient (Wildman–Crippen LogP) is 4.60. The quantitative estimate of drug-likeness (QED) is 0.555. The number of hydrogen-bond donors (Lipinski definition) is 0. The van der Waals surface area contributed by atoms with Gasteiger partial charge < -0.3 is 9.80 Å². The second-order valence-electron chi connectivity index (χ2n) is 7.91. The lowest BCUT2D eigenvalue weighted by molar-refractivity contribution is 0.0653. The van der Waals surface area contributed by atoms with Crippen LogP contribution in [0.2, 0.25) is 0 Å². The lowest BCUT2D eigenvalue weighted by atomic mass is 9.96. The molecule has 2 heterocycles. The molecular weight excluding hydrogens is 370 g/mol. The van der Waals surface area contributed by atoms with Crippen molar-refractivity contribution in [2.75, 3.05) is 26.2 Å². The fourth-order valence-electron chi connectivity index (χ4n) is 4.23. The minimum Gasteiger partial charge on any atom is -0.330 e. The Morgan fingerprint density at radius 3 is 2.30 bits per heavy atom. The molecule has 30 heavy (non-hydrogen) atoms. The Balaban J connectivity index is 1.66. The van der Waals surface area contributed by atoms with E-state index in [1.807, 2.05) is 24.3 Å². The van der Waals surface area contributed by atoms with Gasteiger partial charge in [-0.2, -0.15) is 0 Å². The molecule has 3 aromatic rings. The minimum absolute atomic E-state index is 0.0242. The first-order valence-corrected chi connectivity index (χ1v) is 10.8. The fourth-order valence-corrected chi connectivity index (χ4v) is 4.23. The van der Waals surface area contributed by atoms with Gasteiger partial charge in [0.2, 0.25) is 0 Å². The first-order valence-electron chi connectivity index (χ1n) is 10.8. The van der Waals surface area contributed by atoms with Gasteiger partial charge >= 0.3 is 0 Å². The molecule has 4 rings (SSSR count). The molecule has 0 saturated carbocycles. The van der Waals surface area contributed by atoms with E-state index in [4.69, 9.17) is 0 Å². The highest BCUT2D eigenvalue weighted by Gasteiger charge is 2.27. The van der Waals surface area contributed by atoms with Gasteiger partial charge in [-0.25, -0.2) is 0 Å². The Hall–Kier alpha value is -2.98. The van der Waals surface area contributed by atoms with Gasteiger partial charge in [0.15, 0.2) is 0 Å². The topological polar surface area (TPSA) is 36.4 Å². The van der Waals surface area contributed by atoms with Crippen molar-refractivity contribution in [2.24, 2.45) is 0 Å². The van der Waals surface area contributed by atoms with Crippen LogP contribution in [-0.4, -0.2) is 46.9 Å². The average molecular weight is 400 g/mol. The maximum atomic E-state index is 13.6. The van der Waals surface area contributed by atoms with Gasteiger partial charge in [0.05, 0.1) is 11.6 Å². The summed E-state index contributed by atoms with van der Waals surface area (Å²) in [5.74, 6) is 0.0482. The molecule has 0 radical (unpaired) electrons. The van der Waals surface area contributed by atoms with E-state index < -0.39 is 0 Å². The summed E-state index contributed by atoms with van der Waals surface area (Å²) in [6.07, 6.45) is 6.68. The van der Waals surface area contributed by atoms with Crippen molar-refractivity contribution in [3.8, 4) is 0 Å². The molecule has 1 aliphatic heterocycles. The summed E-state index contributed by atoms with van der Waals surface area (Å²) in [6, 6.07) is 24.5. The van der Waals surface area contributed by atoms with Gasteiger partial charge in [0.1, 0.15) is 0 Å². The predicted molar refractivity (Wildman–Crippen MR) is 120 cm³/mol. The molecule has 1 unspecified atom stereocenters. The van der Waals surface area contributed by atoms with Crippen molar-refractivity contribution >= 4 is 5.91 Å². The fraction of sp³-hybridized carbons (Fsp3) is 0.308. The molecule has 1 amide bonds. The van der Waals surface area contributed by atoms with Crippen molar-refractivity contribution in [3.05, 3.63) is 102 Å². The summed E-state index contributed by atoms with van der Waals surface area (Å²) >= 11 is 0. The lowest BCUT2D eigenvalue weighted by Gasteiger charge is -2.34. The van der Waals surface area contributed by atoms with Crippen LogP contribution in [0.1, 0.15) is 40.4 Å². The molecule has 1 fully saturated rings. The molecule has 2 aromatic carbocycles. The first-order chi connectivity index (χ1) is 14.8. The zero-order valence-corrected chi connectivity index (χ0v) is 17.4. The number of carbonyl (C=O) groups excluding carboxylic acids is 1. The lowest BCUT2D eigenvalue weighted by Crippen LogP contribution is -2.41. The number of pyridine rings is 1. The summed E-state index contributed by atoms with van der Waals surface area (Å²) in [6.45, 7) is 3.87. The highest BCUT2D eigenvalue weighted by molar-refractivity contribution is 5.94. The SMILES string of the molecule is O=C(c1cccnc1)N(CCN1CCCC1)C(Cc1ccccc1)c1ccccc1. The number of amides is 1. The number of carbonyl (C=O) groups is 1. The standard InChI is InChI=1S/C26H29N3O/c30-26(24-14-9-15-27-21-24)29(19-18-28-16-7-8-17-28)25(23-12-5-2-6-13-23)20-22-10-3-1-4-11-22/h1-6,9-15,21,25H,7-8,16-20H2. The van der Waals surface area contributed by atoms with Crippen molar-refractivity contribution < 1.29 is 4.79 Å². The van der Waals surface area contributed by atoms with Gasteiger partial charge in [-0.05, 0) is 55.6 Å². The van der Waals surface area contributed by atoms with Crippen LogP contribution in [0.5, 0.6) is 0 Å². The van der Waals surface area contributed by atoms with E-state index in [9.17, 15) is 4.79 Å². The summed E-state index contributed by atoms with van der Waals surface area (Å²) < 4.78 is 0. The Morgan fingerprint density at radius 1 is 0.933 bits per heavy atom. The third-order valence-corrected chi connectivity index (χ3v) is 5.86. The Kier molecular flexibility index (Phi) is 6.88. The van der Waals surface area contributed by atoms with E-state index in [1.54, 1.807) is 12.4 Å². The van der Waals surface area contributed by atoms with Gasteiger partial charge in [-0.15, -0.1) is 0 Å². The van der Waals surface area contributed by atoms with Crippen LogP contribution < -0.4 is 0 Å². The molecule has 4 nitrogen and oxygen atoms in total. The molecule has 1 aromatic heterocycles. The van der Waals surface area contributed by atoms with Gasteiger partial charge in [-0.3, -0.25) is 9.78 Å². The zero-order chi connectivity index (χ0) is 20.6. The van der Waals surface area contributed by atoms with Crippen LogP contribution in [0, 0.1) is 0 Å². The zero-order valence-electron chi connectivity index (χ0n) is 17.4. The molecule has 1 atom stereocenters. The Labute approximate surface area is 179 Å². The minimum atomic E-state index is -0.0242. The Bertz CT molecular complexity index is 909. The molecule has 154 valence electrons. The summed E-state index contributed by atoms with van der Waals surface area (Å²) in [4.78, 5) is 22.3. The van der Waals surface area contributed by atoms with Gasteiger partial charge in [0.25, 0.3) is 5.91 Å². The van der Waals surface area contributed by atoms with E-state index >= 15 is 0 Å². The number of hydrogen-bond acceptors (Lipinski definition) is 3. The van der Waals surface area contributed by atoms with E-state index in [1.165, 1.54) is 24.0 Å². The normalized spacial score (nSPS) is 15.1. The van der Waals surface area contributed by atoms with Gasteiger partial charge in [0, 0.05) is 25.5 Å².